The number of rotatable bonds is 20. The van der Waals surface area contributed by atoms with Gasteiger partial charge in [-0.3, -0.25) is 14.1 Å². The van der Waals surface area contributed by atoms with E-state index in [1.165, 1.54) is 54.7 Å². The van der Waals surface area contributed by atoms with Crippen LogP contribution in [-0.4, -0.2) is 119 Å². The number of hydrogen-bond acceptors (Lipinski definition) is 15. The molecule has 2 aromatic heterocycles. The molecule has 22 nitrogen and oxygen atoms in total. The predicted molar refractivity (Wildman–Crippen MR) is 307 cm³/mol. The summed E-state index contributed by atoms with van der Waals surface area (Å²) in [5.41, 5.74) is 4.43. The number of nitrogens with zero attached hydrogens (tertiary/aromatic N) is 7. The van der Waals surface area contributed by atoms with E-state index >= 15 is 0 Å². The summed E-state index contributed by atoms with van der Waals surface area (Å²) in [6.45, 7) is 5.08. The number of imidazole rings is 1. The van der Waals surface area contributed by atoms with Crippen molar-refractivity contribution in [3.63, 3.8) is 0 Å². The lowest BCUT2D eigenvalue weighted by atomic mass is 10.1. The first-order chi connectivity index (χ1) is 37.4. The van der Waals surface area contributed by atoms with Gasteiger partial charge in [-0.1, -0.05) is 53.5 Å². The van der Waals surface area contributed by atoms with Gasteiger partial charge in [0.2, 0.25) is 12.2 Å². The minimum absolute atomic E-state index is 0.0231. The highest BCUT2D eigenvalue weighted by atomic mass is 35.5. The largest absolute Gasteiger partial charge is 0.507 e. The van der Waals surface area contributed by atoms with Crippen molar-refractivity contribution in [3.8, 4) is 11.9 Å². The van der Waals surface area contributed by atoms with Crippen molar-refractivity contribution in [2.75, 3.05) is 67.4 Å². The standard InChI is InChI=1S/C18H14N4O5S.C14H11Cl2NO2.C10H16N6S.C7H15Cl2N2O2P/c23-16-9-6-13(11-15(16)18(24)25)21-20-12-4-7-14(8-5-12)28(26,27)22-17-3-1-2-10-19-17;15-10-5-3-6-11(16)14(10)17-12-7-2-1-4-9(12)8-13(18)19;1-8-9(16-7-15-8)5-17-4-3-13-10(12-2)14-6-11;8-2-5-11(6-3-9)14(12)10-4-1-7-13-14/h1-11,23H,(H,19,22)(H,24,25);1-7,17H,8H2,(H,18,19);7H,3-5H2,1-2H3,(H,15,16)(H2,12,13,14);1-7H2,(H,10,12). The second kappa shape index (κ2) is 33.7. The number of halogens is 4. The van der Waals surface area contributed by atoms with Crippen LogP contribution in [0.15, 0.2) is 136 Å². The van der Waals surface area contributed by atoms with E-state index in [1.54, 1.807) is 84.5 Å². The Morgan fingerprint density at radius 3 is 2.21 bits per heavy atom. The molecule has 0 aliphatic carbocycles. The van der Waals surface area contributed by atoms with Crippen LogP contribution < -0.4 is 25.8 Å². The van der Waals surface area contributed by atoms with Crippen molar-refractivity contribution in [2.45, 2.75) is 30.4 Å². The van der Waals surface area contributed by atoms with Crippen molar-refractivity contribution >= 4 is 122 Å². The highest BCUT2D eigenvalue weighted by Gasteiger charge is 2.33. The molecular weight excluding hydrogens is 1150 g/mol. The second-order valence-corrected chi connectivity index (χ2v) is 22.2. The number of aromatic hydroxyl groups is 1. The van der Waals surface area contributed by atoms with E-state index in [1.807, 2.05) is 13.0 Å². The Labute approximate surface area is 475 Å². The third-order valence-electron chi connectivity index (χ3n) is 10.2. The summed E-state index contributed by atoms with van der Waals surface area (Å²) >= 11 is 25.2. The highest BCUT2D eigenvalue weighted by Crippen LogP contribution is 2.48. The van der Waals surface area contributed by atoms with Crippen LogP contribution in [0.4, 0.5) is 28.6 Å². The van der Waals surface area contributed by atoms with Crippen LogP contribution in [0.5, 0.6) is 5.75 Å². The predicted octanol–water partition coefficient (Wildman–Crippen LogP) is 10.5. The molecule has 7 rings (SSSR count). The maximum atomic E-state index is 12.3. The van der Waals surface area contributed by atoms with Gasteiger partial charge in [-0.2, -0.15) is 27.3 Å². The first-order valence-corrected chi connectivity index (χ1v) is 29.3. The van der Waals surface area contributed by atoms with E-state index in [-0.39, 0.29) is 34.1 Å². The summed E-state index contributed by atoms with van der Waals surface area (Å²) in [4.78, 5) is 36.6. The second-order valence-electron chi connectivity index (χ2n) is 15.7. The average molecular weight is 1210 g/mol. The van der Waals surface area contributed by atoms with E-state index in [0.29, 0.717) is 70.1 Å². The number of aromatic carboxylic acids is 1. The number of anilines is 3. The number of aryl methyl sites for hydroxylation is 1. The van der Waals surface area contributed by atoms with Gasteiger partial charge >= 0.3 is 19.6 Å². The molecule has 3 heterocycles. The minimum Gasteiger partial charge on any atom is -0.507 e. The number of guanidine groups is 1. The number of carboxylic acids is 2. The molecule has 4 aromatic carbocycles. The van der Waals surface area contributed by atoms with Crippen LogP contribution in [0.25, 0.3) is 0 Å². The van der Waals surface area contributed by atoms with Crippen LogP contribution in [0, 0.1) is 18.4 Å². The Hall–Kier alpha value is -6.49. The van der Waals surface area contributed by atoms with Gasteiger partial charge in [0.15, 0.2) is 0 Å². The fourth-order valence-electron chi connectivity index (χ4n) is 6.35. The number of H-pyrrole nitrogens is 1. The Kier molecular flexibility index (Phi) is 27.7. The van der Waals surface area contributed by atoms with Gasteiger partial charge in [0, 0.05) is 74.1 Å². The van der Waals surface area contributed by atoms with Crippen molar-refractivity contribution in [1.82, 2.24) is 35.3 Å². The molecular formula is C49H56Cl4N13O9PS2. The number of pyridine rings is 1. The zero-order chi connectivity index (χ0) is 56.9. The molecule has 1 saturated heterocycles. The molecule has 0 amide bonds. The van der Waals surface area contributed by atoms with Crippen molar-refractivity contribution in [3.05, 3.63) is 148 Å². The third kappa shape index (κ3) is 21.7. The fourth-order valence-corrected chi connectivity index (χ4v) is 11.4. The van der Waals surface area contributed by atoms with Gasteiger partial charge in [0.1, 0.15) is 17.1 Å². The van der Waals surface area contributed by atoms with Crippen molar-refractivity contribution in [1.29, 1.82) is 5.26 Å². The van der Waals surface area contributed by atoms with Gasteiger partial charge in [-0.05, 0) is 91.7 Å². The van der Waals surface area contributed by atoms with E-state index in [4.69, 9.17) is 66.4 Å². The van der Waals surface area contributed by atoms with Crippen LogP contribution in [-0.2, 0) is 36.1 Å². The first kappa shape index (κ1) is 64.0. The number of aliphatic carboxylic acids is 1. The van der Waals surface area contributed by atoms with E-state index in [9.17, 15) is 27.7 Å². The molecule has 1 aliphatic heterocycles. The molecule has 416 valence electrons. The maximum Gasteiger partial charge on any atom is 0.343 e. The molecule has 1 unspecified atom stereocenters. The number of nitriles is 1. The first-order valence-electron chi connectivity index (χ1n) is 23.3. The summed E-state index contributed by atoms with van der Waals surface area (Å²) < 4.78 is 46.2. The normalized spacial score (nSPS) is 14.1. The van der Waals surface area contributed by atoms with E-state index in [0.717, 1.165) is 42.4 Å². The lowest BCUT2D eigenvalue weighted by Gasteiger charge is -2.33. The number of phenols is 1. The molecule has 78 heavy (non-hydrogen) atoms. The molecule has 1 atom stereocenters. The number of sulfonamides is 1. The molecule has 0 radical (unpaired) electrons. The number of aliphatic imine (C=N–C) groups is 1. The van der Waals surface area contributed by atoms with Crippen molar-refractivity contribution < 1.29 is 42.4 Å². The fraction of sp³-hybridized carbons (Fsp3) is 0.265. The number of alkyl halides is 2. The third-order valence-corrected chi connectivity index (χ3v) is 15.8. The molecule has 1 aliphatic rings. The number of benzene rings is 4. The number of carbonyl (C=O) groups is 2. The lowest BCUT2D eigenvalue weighted by molar-refractivity contribution is -0.136. The molecule has 0 bridgehead atoms. The number of carboxylic acid groups (broad SMARTS) is 2. The SMILES string of the molecule is CN/C(=N/C#N)NCCSCc1nc[nH]c1C.O=C(O)Cc1ccccc1Nc1c(Cl)cccc1Cl.O=C(O)c1cc(N=Nc2ccc(S(=O)(=O)Nc3ccccn3)cc2)ccc1O.O=P1(N(CCCl)CCCl)NCCCO1. The lowest BCUT2D eigenvalue weighted by Crippen LogP contribution is -2.35. The number of aromatic nitrogens is 3. The summed E-state index contributed by atoms with van der Waals surface area (Å²) in [7, 11) is -4.91. The Morgan fingerprint density at radius 2 is 1.62 bits per heavy atom. The summed E-state index contributed by atoms with van der Waals surface area (Å²) in [5.74, 6) is 0.819. The number of nitrogens with one attached hydrogen (secondary N) is 6. The van der Waals surface area contributed by atoms with Gasteiger partial charge in [-0.15, -0.1) is 28.2 Å². The van der Waals surface area contributed by atoms with Crippen LogP contribution in [0.3, 0.4) is 0 Å². The Bertz CT molecular complexity index is 3110. The quantitative estimate of drug-likeness (QED) is 0.00652. The number of azo groups is 1. The summed E-state index contributed by atoms with van der Waals surface area (Å²) in [6, 6.07) is 26.6. The van der Waals surface area contributed by atoms with Crippen LogP contribution in [0.2, 0.25) is 10.0 Å². The summed E-state index contributed by atoms with van der Waals surface area (Å²) in [6.07, 6.45) is 5.74. The van der Waals surface area contributed by atoms with Crippen LogP contribution in [0.1, 0.15) is 33.7 Å². The Morgan fingerprint density at radius 1 is 0.936 bits per heavy atom. The smallest absolute Gasteiger partial charge is 0.343 e. The van der Waals surface area contributed by atoms with Crippen LogP contribution >= 0.6 is 65.8 Å². The van der Waals surface area contributed by atoms with E-state index in [2.05, 4.69) is 55.9 Å². The maximum absolute atomic E-state index is 12.3. The van der Waals surface area contributed by atoms with Gasteiger partial charge < -0.3 is 40.8 Å². The molecule has 9 N–H and O–H groups in total. The summed E-state index contributed by atoms with van der Waals surface area (Å²) in [5, 5.41) is 56.4. The molecule has 6 aromatic rings. The zero-order valence-corrected chi connectivity index (χ0v) is 47.5. The van der Waals surface area contributed by atoms with E-state index < -0.39 is 29.6 Å². The van der Waals surface area contributed by atoms with Gasteiger partial charge in [0.05, 0.1) is 57.1 Å². The average Bonchev–Trinajstić information content (AvgIpc) is 3.84. The molecule has 1 fully saturated rings. The number of para-hydroxylation sites is 2. The Balaban J connectivity index is 0.000000233. The van der Waals surface area contributed by atoms with Gasteiger partial charge in [0.25, 0.3) is 10.0 Å². The zero-order valence-electron chi connectivity index (χ0n) is 41.9. The van der Waals surface area contributed by atoms with Gasteiger partial charge in [-0.25, -0.2) is 32.9 Å². The number of aromatic amines is 1. The molecule has 0 spiro atoms. The topological polar surface area (TPSA) is 321 Å². The molecule has 29 heteroatoms. The highest BCUT2D eigenvalue weighted by molar-refractivity contribution is 7.98. The van der Waals surface area contributed by atoms with Crippen molar-refractivity contribution in [2.24, 2.45) is 15.2 Å². The number of thioether (sulfide) groups is 1. The molecule has 0 saturated carbocycles. The monoisotopic (exact) mass is 1210 g/mol. The minimum atomic E-state index is -3.79. The number of hydrogen-bond donors (Lipinski definition) is 9.